The largest absolute Gasteiger partial charge is 0.381 e. The van der Waals surface area contributed by atoms with Crippen LogP contribution in [-0.2, 0) is 4.74 Å². The van der Waals surface area contributed by atoms with Gasteiger partial charge in [-0.3, -0.25) is 4.79 Å². The van der Waals surface area contributed by atoms with Crippen molar-refractivity contribution < 1.29 is 9.53 Å². The Kier molecular flexibility index (Phi) is 4.53. The second-order valence-electron chi connectivity index (χ2n) is 8.33. The van der Waals surface area contributed by atoms with Crippen molar-refractivity contribution >= 4 is 28.4 Å². The zero-order valence-corrected chi connectivity index (χ0v) is 17.8. The summed E-state index contributed by atoms with van der Waals surface area (Å²) in [7, 11) is 1.82. The fourth-order valence-corrected chi connectivity index (χ4v) is 4.26. The summed E-state index contributed by atoms with van der Waals surface area (Å²) >= 11 is 0. The molecule has 0 unspecified atom stereocenters. The van der Waals surface area contributed by atoms with Gasteiger partial charge < -0.3 is 15.4 Å². The zero-order valence-electron chi connectivity index (χ0n) is 17.8. The summed E-state index contributed by atoms with van der Waals surface area (Å²) < 4.78 is 9.20. The number of nitrogens with one attached hydrogen (secondary N) is 2. The molecule has 0 aromatic carbocycles. The monoisotopic (exact) mass is 432 g/mol. The summed E-state index contributed by atoms with van der Waals surface area (Å²) in [5.74, 6) is 0.585. The maximum Gasteiger partial charge on any atom is 0.256 e. The van der Waals surface area contributed by atoms with Gasteiger partial charge in [0.25, 0.3) is 5.91 Å². The van der Waals surface area contributed by atoms with Crippen LogP contribution >= 0.6 is 0 Å². The number of pyridine rings is 1. The van der Waals surface area contributed by atoms with Crippen molar-refractivity contribution in [1.29, 1.82) is 0 Å². The summed E-state index contributed by atoms with van der Waals surface area (Å²) in [4.78, 5) is 22.2. The number of ether oxygens (including phenoxy) is 1. The maximum atomic E-state index is 12.8. The molecule has 1 aliphatic heterocycles. The average Bonchev–Trinajstić information content (AvgIpc) is 3.40. The molecule has 1 aliphatic carbocycles. The number of amides is 1. The van der Waals surface area contributed by atoms with E-state index in [0.717, 1.165) is 61.4 Å². The maximum absolute atomic E-state index is 12.8. The molecule has 1 saturated heterocycles. The fraction of sp³-hybridized carbons (Fsp3) is 0.409. The first-order chi connectivity index (χ1) is 15.7. The summed E-state index contributed by atoms with van der Waals surface area (Å²) in [5, 5.41) is 16.5. The van der Waals surface area contributed by atoms with E-state index in [1.165, 1.54) is 0 Å². The molecular formula is C22H24N8O2. The lowest BCUT2D eigenvalue weighted by atomic mass is 10.1. The highest BCUT2D eigenvalue weighted by Crippen LogP contribution is 2.32. The summed E-state index contributed by atoms with van der Waals surface area (Å²) in [6.45, 7) is 1.44. The Morgan fingerprint density at radius 2 is 2.03 bits per heavy atom. The van der Waals surface area contributed by atoms with Gasteiger partial charge in [-0.05, 0) is 37.8 Å². The minimum absolute atomic E-state index is 0.145. The average molecular weight is 432 g/mol. The highest BCUT2D eigenvalue weighted by Gasteiger charge is 2.27. The van der Waals surface area contributed by atoms with E-state index in [1.807, 2.05) is 29.9 Å². The van der Waals surface area contributed by atoms with E-state index >= 15 is 0 Å². The van der Waals surface area contributed by atoms with Gasteiger partial charge >= 0.3 is 0 Å². The highest BCUT2D eigenvalue weighted by molar-refractivity contribution is 6.00. The molecular weight excluding hydrogens is 408 g/mol. The Labute approximate surface area is 184 Å². The minimum atomic E-state index is -0.145. The lowest BCUT2D eigenvalue weighted by Crippen LogP contribution is -2.25. The van der Waals surface area contributed by atoms with E-state index in [9.17, 15) is 4.79 Å². The van der Waals surface area contributed by atoms with E-state index in [1.54, 1.807) is 16.9 Å². The van der Waals surface area contributed by atoms with E-state index in [2.05, 4.69) is 20.7 Å². The molecule has 1 saturated carbocycles. The topological polar surface area (TPSA) is 111 Å². The van der Waals surface area contributed by atoms with Crippen LogP contribution in [0.5, 0.6) is 0 Å². The molecule has 1 amide bonds. The van der Waals surface area contributed by atoms with E-state index in [4.69, 9.17) is 14.8 Å². The molecule has 2 N–H and O–H groups in total. The SMILES string of the molecule is CNc1cc(-c2nn(C3CCOCC3)c3ncccc23)nc2c(C(=O)NC3CC3)cnn12. The molecule has 10 nitrogen and oxygen atoms in total. The van der Waals surface area contributed by atoms with Gasteiger partial charge in [0, 0.05) is 44.0 Å². The molecule has 0 bridgehead atoms. The predicted octanol–water partition coefficient (Wildman–Crippen LogP) is 2.43. The van der Waals surface area contributed by atoms with Crippen molar-refractivity contribution in [3.63, 3.8) is 0 Å². The number of nitrogens with zero attached hydrogens (tertiary/aromatic N) is 6. The van der Waals surface area contributed by atoms with Crippen molar-refractivity contribution in [2.24, 2.45) is 0 Å². The van der Waals surface area contributed by atoms with Crippen LogP contribution in [0.25, 0.3) is 28.1 Å². The molecule has 4 aromatic rings. The number of carbonyl (C=O) groups is 1. The lowest BCUT2D eigenvalue weighted by molar-refractivity contribution is 0.0674. The molecule has 0 spiro atoms. The molecule has 2 fully saturated rings. The fourth-order valence-electron chi connectivity index (χ4n) is 4.26. The summed E-state index contributed by atoms with van der Waals surface area (Å²) in [5.41, 5.74) is 3.21. The molecule has 5 heterocycles. The van der Waals surface area contributed by atoms with Gasteiger partial charge in [-0.1, -0.05) is 0 Å². The first-order valence-electron chi connectivity index (χ1n) is 11.0. The molecule has 0 radical (unpaired) electrons. The second-order valence-corrected chi connectivity index (χ2v) is 8.33. The quantitative estimate of drug-likeness (QED) is 0.498. The number of anilines is 1. The van der Waals surface area contributed by atoms with Crippen LogP contribution in [-0.4, -0.2) is 61.6 Å². The van der Waals surface area contributed by atoms with Crippen LogP contribution in [0.15, 0.2) is 30.6 Å². The van der Waals surface area contributed by atoms with Crippen LogP contribution < -0.4 is 10.6 Å². The Bertz CT molecular complexity index is 1320. The molecule has 6 rings (SSSR count). The molecule has 32 heavy (non-hydrogen) atoms. The molecule has 164 valence electrons. The smallest absolute Gasteiger partial charge is 0.256 e. The van der Waals surface area contributed by atoms with Crippen molar-refractivity contribution in [2.45, 2.75) is 37.8 Å². The van der Waals surface area contributed by atoms with Crippen molar-refractivity contribution in [2.75, 3.05) is 25.6 Å². The lowest BCUT2D eigenvalue weighted by Gasteiger charge is -2.22. The van der Waals surface area contributed by atoms with Gasteiger partial charge in [0.2, 0.25) is 0 Å². The molecule has 4 aromatic heterocycles. The normalized spacial score (nSPS) is 17.2. The van der Waals surface area contributed by atoms with Crippen LogP contribution in [0, 0.1) is 0 Å². The number of carbonyl (C=O) groups excluding carboxylic acids is 1. The van der Waals surface area contributed by atoms with Crippen LogP contribution in [0.2, 0.25) is 0 Å². The number of aromatic nitrogens is 6. The van der Waals surface area contributed by atoms with Gasteiger partial charge in [-0.25, -0.2) is 14.6 Å². The minimum Gasteiger partial charge on any atom is -0.381 e. The molecule has 0 atom stereocenters. The number of rotatable bonds is 5. The molecule has 10 heteroatoms. The first kappa shape index (κ1) is 19.2. The Balaban J connectivity index is 1.51. The third kappa shape index (κ3) is 3.18. The predicted molar refractivity (Wildman–Crippen MR) is 119 cm³/mol. The zero-order chi connectivity index (χ0) is 21.7. The van der Waals surface area contributed by atoms with E-state index in [-0.39, 0.29) is 18.0 Å². The van der Waals surface area contributed by atoms with Gasteiger partial charge in [0.15, 0.2) is 11.3 Å². The van der Waals surface area contributed by atoms with Gasteiger partial charge in [-0.2, -0.15) is 14.7 Å². The second kappa shape index (κ2) is 7.56. The Hall–Kier alpha value is -3.53. The molecule has 2 aliphatic rings. The standard InChI is InChI=1S/C22H24N8O2/c1-23-18-11-17(27-21-16(12-25-30(18)21)22(31)26-13-4-5-13)19-15-3-2-8-24-20(15)29(28-19)14-6-9-32-10-7-14/h2-3,8,11-14,23H,4-7,9-10H2,1H3,(H,26,31). The van der Waals surface area contributed by atoms with Gasteiger partial charge in [-0.15, -0.1) is 0 Å². The van der Waals surface area contributed by atoms with Crippen molar-refractivity contribution in [3.05, 3.63) is 36.2 Å². The van der Waals surface area contributed by atoms with Gasteiger partial charge in [0.05, 0.1) is 17.9 Å². The van der Waals surface area contributed by atoms with Gasteiger partial charge in [0.1, 0.15) is 17.1 Å². The van der Waals surface area contributed by atoms with Crippen LogP contribution in [0.3, 0.4) is 0 Å². The Morgan fingerprint density at radius 3 is 2.81 bits per heavy atom. The first-order valence-corrected chi connectivity index (χ1v) is 11.0. The van der Waals surface area contributed by atoms with Crippen LogP contribution in [0.4, 0.5) is 5.82 Å². The third-order valence-electron chi connectivity index (χ3n) is 6.13. The van der Waals surface area contributed by atoms with Crippen molar-refractivity contribution in [3.8, 4) is 11.4 Å². The number of fused-ring (bicyclic) bond motifs is 2. The number of hydrogen-bond acceptors (Lipinski definition) is 7. The Morgan fingerprint density at radius 1 is 1.19 bits per heavy atom. The summed E-state index contributed by atoms with van der Waals surface area (Å²) in [6, 6.07) is 6.33. The number of hydrogen-bond donors (Lipinski definition) is 2. The summed E-state index contributed by atoms with van der Waals surface area (Å²) in [6.07, 6.45) is 7.20. The van der Waals surface area contributed by atoms with Crippen LogP contribution in [0.1, 0.15) is 42.1 Å². The van der Waals surface area contributed by atoms with Crippen molar-refractivity contribution in [1.82, 2.24) is 34.7 Å². The van der Waals surface area contributed by atoms with E-state index < -0.39 is 0 Å². The highest BCUT2D eigenvalue weighted by atomic mass is 16.5. The third-order valence-corrected chi connectivity index (χ3v) is 6.13. The van der Waals surface area contributed by atoms with E-state index in [0.29, 0.717) is 16.9 Å².